The minimum atomic E-state index is 0. The molecule has 4 heteroatoms. The Labute approximate surface area is 106 Å². The molecule has 0 unspecified atom stereocenters. The van der Waals surface area contributed by atoms with Gasteiger partial charge in [-0.3, -0.25) is 4.79 Å². The van der Waals surface area contributed by atoms with Crippen molar-refractivity contribution in [3.63, 3.8) is 0 Å². The zero-order chi connectivity index (χ0) is 11.7. The first-order chi connectivity index (χ1) is 7.14. The van der Waals surface area contributed by atoms with E-state index in [0.29, 0.717) is 18.4 Å². The zero-order valence-corrected chi connectivity index (χ0v) is 11.7. The lowest BCUT2D eigenvalue weighted by molar-refractivity contribution is -0.121. The summed E-state index contributed by atoms with van der Waals surface area (Å²) in [6.45, 7) is 7.98. The Morgan fingerprint density at radius 3 is 2.06 bits per heavy atom. The van der Waals surface area contributed by atoms with Gasteiger partial charge >= 0.3 is 0 Å². The van der Waals surface area contributed by atoms with Gasteiger partial charge in [0.1, 0.15) is 0 Å². The van der Waals surface area contributed by atoms with E-state index in [1.54, 1.807) is 0 Å². The monoisotopic (exact) mass is 250 g/mol. The molecule has 0 heterocycles. The number of halogens is 1. The van der Waals surface area contributed by atoms with E-state index in [-0.39, 0.29) is 18.3 Å². The Hall–Kier alpha value is -0.280. The van der Waals surface area contributed by atoms with Crippen LogP contribution in [0, 0.1) is 5.41 Å². The first kappa shape index (κ1) is 18.1. The third-order valence-electron chi connectivity index (χ3n) is 3.52. The van der Waals surface area contributed by atoms with Gasteiger partial charge in [0.2, 0.25) is 5.91 Å². The van der Waals surface area contributed by atoms with Crippen LogP contribution in [0.2, 0.25) is 0 Å². The van der Waals surface area contributed by atoms with Crippen molar-refractivity contribution in [1.29, 1.82) is 0 Å². The Balaban J connectivity index is 0. The molecule has 0 spiro atoms. The quantitative estimate of drug-likeness (QED) is 0.696. The smallest absolute Gasteiger partial charge is 0.220 e. The van der Waals surface area contributed by atoms with E-state index in [1.807, 2.05) is 0 Å². The van der Waals surface area contributed by atoms with E-state index >= 15 is 0 Å². The van der Waals surface area contributed by atoms with Gasteiger partial charge in [-0.25, -0.2) is 0 Å². The maximum absolute atomic E-state index is 11.4. The topological polar surface area (TPSA) is 55.1 Å². The molecule has 3 N–H and O–H groups in total. The number of nitrogens with two attached hydrogens (primary N) is 1. The fourth-order valence-electron chi connectivity index (χ4n) is 1.76. The third-order valence-corrected chi connectivity index (χ3v) is 3.52. The van der Waals surface area contributed by atoms with E-state index in [4.69, 9.17) is 5.73 Å². The average Bonchev–Trinajstić information content (AvgIpc) is 2.29. The van der Waals surface area contributed by atoms with Gasteiger partial charge in [0.05, 0.1) is 0 Å². The van der Waals surface area contributed by atoms with Gasteiger partial charge in [-0.05, 0) is 37.6 Å². The summed E-state index contributed by atoms with van der Waals surface area (Å²) in [5.41, 5.74) is 5.65. The van der Waals surface area contributed by atoms with Gasteiger partial charge in [-0.2, -0.15) is 0 Å². The van der Waals surface area contributed by atoms with Crippen molar-refractivity contribution in [3.05, 3.63) is 0 Å². The highest BCUT2D eigenvalue weighted by atomic mass is 35.5. The van der Waals surface area contributed by atoms with Crippen molar-refractivity contribution < 1.29 is 4.79 Å². The third kappa shape index (κ3) is 6.33. The van der Waals surface area contributed by atoms with Crippen molar-refractivity contribution in [2.45, 2.75) is 52.9 Å². The van der Waals surface area contributed by atoms with Crippen molar-refractivity contribution in [1.82, 2.24) is 5.32 Å². The largest absolute Gasteiger partial charge is 0.356 e. The highest BCUT2D eigenvalue weighted by molar-refractivity contribution is 5.85. The molecule has 16 heavy (non-hydrogen) atoms. The lowest BCUT2D eigenvalue weighted by atomic mass is 9.80. The van der Waals surface area contributed by atoms with Crippen LogP contribution in [0.25, 0.3) is 0 Å². The number of amides is 1. The Kier molecular flexibility index (Phi) is 11.2. The Bertz CT molecular complexity index is 174. The summed E-state index contributed by atoms with van der Waals surface area (Å²) in [7, 11) is 0. The number of nitrogens with one attached hydrogen (secondary N) is 1. The van der Waals surface area contributed by atoms with E-state index in [2.05, 4.69) is 26.1 Å². The van der Waals surface area contributed by atoms with Gasteiger partial charge in [-0.15, -0.1) is 12.4 Å². The van der Waals surface area contributed by atoms with Crippen molar-refractivity contribution in [2.75, 3.05) is 13.1 Å². The molecule has 0 saturated carbocycles. The summed E-state index contributed by atoms with van der Waals surface area (Å²) in [5.74, 6) is 0.139. The molecule has 0 aliphatic heterocycles. The summed E-state index contributed by atoms with van der Waals surface area (Å²) in [5, 5.41) is 3.02. The molecule has 0 aliphatic carbocycles. The molecule has 0 atom stereocenters. The standard InChI is InChI=1S/C12H26N2O.ClH/c1-4-12(5-2,6-3)10-14-11(15)8-7-9-13;/h4-10,13H2,1-3H3,(H,14,15);1H. The van der Waals surface area contributed by atoms with E-state index < -0.39 is 0 Å². The molecule has 0 aromatic carbocycles. The molecule has 0 bridgehead atoms. The minimum Gasteiger partial charge on any atom is -0.356 e. The summed E-state index contributed by atoms with van der Waals surface area (Å²) in [4.78, 5) is 11.4. The second-order valence-corrected chi connectivity index (χ2v) is 4.23. The van der Waals surface area contributed by atoms with E-state index in [1.165, 1.54) is 0 Å². The Morgan fingerprint density at radius 1 is 1.19 bits per heavy atom. The highest BCUT2D eigenvalue weighted by Gasteiger charge is 2.23. The molecular weight excluding hydrogens is 224 g/mol. The lowest BCUT2D eigenvalue weighted by Crippen LogP contribution is -2.36. The molecule has 0 rings (SSSR count). The van der Waals surface area contributed by atoms with Crippen LogP contribution in [0.15, 0.2) is 0 Å². The summed E-state index contributed by atoms with van der Waals surface area (Å²) in [6, 6.07) is 0. The molecule has 3 nitrogen and oxygen atoms in total. The van der Waals surface area contributed by atoms with Gasteiger partial charge < -0.3 is 11.1 Å². The molecule has 0 saturated heterocycles. The number of carbonyl (C=O) groups excluding carboxylic acids is 1. The van der Waals surface area contributed by atoms with Crippen LogP contribution < -0.4 is 11.1 Å². The minimum absolute atomic E-state index is 0. The predicted molar refractivity (Wildman–Crippen MR) is 71.9 cm³/mol. The Morgan fingerprint density at radius 2 is 1.69 bits per heavy atom. The maximum Gasteiger partial charge on any atom is 0.220 e. The van der Waals surface area contributed by atoms with Crippen molar-refractivity contribution >= 4 is 18.3 Å². The first-order valence-corrected chi connectivity index (χ1v) is 6.11. The normalized spacial score (nSPS) is 10.8. The summed E-state index contributed by atoms with van der Waals surface area (Å²) in [6.07, 6.45) is 4.71. The van der Waals surface area contributed by atoms with Crippen LogP contribution in [0.1, 0.15) is 52.9 Å². The lowest BCUT2D eigenvalue weighted by Gasteiger charge is -2.30. The van der Waals surface area contributed by atoms with Crippen LogP contribution >= 0.6 is 12.4 Å². The van der Waals surface area contributed by atoms with Crippen LogP contribution in [-0.4, -0.2) is 19.0 Å². The average molecular weight is 251 g/mol. The van der Waals surface area contributed by atoms with Crippen LogP contribution in [0.3, 0.4) is 0 Å². The maximum atomic E-state index is 11.4. The molecule has 0 fully saturated rings. The molecular formula is C12H27ClN2O. The number of carbonyl (C=O) groups is 1. The van der Waals surface area contributed by atoms with Crippen LogP contribution in [0.5, 0.6) is 0 Å². The first-order valence-electron chi connectivity index (χ1n) is 6.11. The van der Waals surface area contributed by atoms with Crippen LogP contribution in [0.4, 0.5) is 0 Å². The van der Waals surface area contributed by atoms with Gasteiger partial charge in [0, 0.05) is 13.0 Å². The van der Waals surface area contributed by atoms with Gasteiger partial charge in [-0.1, -0.05) is 20.8 Å². The van der Waals surface area contributed by atoms with Crippen LogP contribution in [-0.2, 0) is 4.79 Å². The molecule has 0 aromatic rings. The second-order valence-electron chi connectivity index (χ2n) is 4.23. The highest BCUT2D eigenvalue weighted by Crippen LogP contribution is 2.29. The number of hydrogen-bond donors (Lipinski definition) is 2. The predicted octanol–water partition coefficient (Wildman–Crippen LogP) is 2.48. The summed E-state index contributed by atoms with van der Waals surface area (Å²) >= 11 is 0. The zero-order valence-electron chi connectivity index (χ0n) is 10.8. The van der Waals surface area contributed by atoms with Gasteiger partial charge in [0.15, 0.2) is 0 Å². The number of rotatable bonds is 8. The fraction of sp³-hybridized carbons (Fsp3) is 0.917. The van der Waals surface area contributed by atoms with Crippen molar-refractivity contribution in [3.8, 4) is 0 Å². The number of hydrogen-bond acceptors (Lipinski definition) is 2. The second kappa shape index (κ2) is 9.91. The molecule has 0 aliphatic rings. The van der Waals surface area contributed by atoms with Gasteiger partial charge in [0.25, 0.3) is 0 Å². The molecule has 0 aromatic heterocycles. The van der Waals surface area contributed by atoms with E-state index in [0.717, 1.165) is 32.2 Å². The molecule has 0 radical (unpaired) electrons. The summed E-state index contributed by atoms with van der Waals surface area (Å²) < 4.78 is 0. The molecule has 1 amide bonds. The SMILES string of the molecule is CCC(CC)(CC)CNC(=O)CCCN.Cl. The van der Waals surface area contributed by atoms with Crippen molar-refractivity contribution in [2.24, 2.45) is 11.1 Å². The molecule has 98 valence electrons. The fourth-order valence-corrected chi connectivity index (χ4v) is 1.76. The van der Waals surface area contributed by atoms with E-state index in [9.17, 15) is 4.79 Å².